The molecule has 0 radical (unpaired) electrons. The van der Waals surface area contributed by atoms with Gasteiger partial charge in [0, 0.05) is 6.54 Å². The summed E-state index contributed by atoms with van der Waals surface area (Å²) in [4.78, 5) is 12.1. The first-order valence-corrected chi connectivity index (χ1v) is 8.08. The van der Waals surface area contributed by atoms with Crippen LogP contribution in [-0.2, 0) is 6.54 Å². The molecule has 128 valence electrons. The fraction of sp³-hybridized carbons (Fsp3) is 0.263. The Bertz CT molecular complexity index is 797. The molecule has 0 bridgehead atoms. The number of hydrogen-bond donors (Lipinski definition) is 2. The number of benzene rings is 2. The molecule has 25 heavy (non-hydrogen) atoms. The van der Waals surface area contributed by atoms with E-state index >= 15 is 0 Å². The fourth-order valence-electron chi connectivity index (χ4n) is 2.54. The van der Waals surface area contributed by atoms with Crippen molar-refractivity contribution < 1.29 is 14.3 Å². The maximum absolute atomic E-state index is 12.1. The Balaban J connectivity index is 1.54. The molecule has 0 aromatic heterocycles. The summed E-state index contributed by atoms with van der Waals surface area (Å²) in [5, 5.41) is 14.5. The summed E-state index contributed by atoms with van der Waals surface area (Å²) in [6.45, 7) is 3.39. The summed E-state index contributed by atoms with van der Waals surface area (Å²) < 4.78 is 11.1. The molecule has 0 saturated heterocycles. The summed E-state index contributed by atoms with van der Waals surface area (Å²) in [5.41, 5.74) is 2.47. The van der Waals surface area contributed by atoms with Gasteiger partial charge in [0.25, 0.3) is 0 Å². The lowest BCUT2D eigenvalue weighted by Crippen LogP contribution is -2.36. The van der Waals surface area contributed by atoms with Crippen molar-refractivity contribution in [2.45, 2.75) is 19.5 Å². The molecule has 1 heterocycles. The van der Waals surface area contributed by atoms with E-state index in [-0.39, 0.29) is 12.1 Å². The predicted molar refractivity (Wildman–Crippen MR) is 92.4 cm³/mol. The van der Waals surface area contributed by atoms with E-state index in [0.717, 1.165) is 16.9 Å². The van der Waals surface area contributed by atoms with Crippen molar-refractivity contribution in [1.82, 2.24) is 10.6 Å². The van der Waals surface area contributed by atoms with Crippen molar-refractivity contribution in [3.05, 3.63) is 59.2 Å². The smallest absolute Gasteiger partial charge is 0.315 e. The monoisotopic (exact) mass is 337 g/mol. The van der Waals surface area contributed by atoms with Gasteiger partial charge in [0.05, 0.1) is 17.7 Å². The Morgan fingerprint density at radius 3 is 2.60 bits per heavy atom. The lowest BCUT2D eigenvalue weighted by atomic mass is 10.1. The zero-order valence-electron chi connectivity index (χ0n) is 13.9. The number of nitrogens with zero attached hydrogens (tertiary/aromatic N) is 1. The molecular weight excluding hydrogens is 318 g/mol. The molecule has 6 nitrogen and oxygen atoms in total. The highest BCUT2D eigenvalue weighted by atomic mass is 16.6. The second-order valence-corrected chi connectivity index (χ2v) is 5.76. The zero-order chi connectivity index (χ0) is 17.6. The van der Waals surface area contributed by atoms with Crippen molar-refractivity contribution in [3.8, 4) is 17.6 Å². The maximum atomic E-state index is 12.1. The van der Waals surface area contributed by atoms with Crippen molar-refractivity contribution >= 4 is 6.03 Å². The Labute approximate surface area is 146 Å². The fourth-order valence-corrected chi connectivity index (χ4v) is 2.54. The van der Waals surface area contributed by atoms with E-state index in [4.69, 9.17) is 14.7 Å². The van der Waals surface area contributed by atoms with Gasteiger partial charge < -0.3 is 20.1 Å². The first kappa shape index (κ1) is 16.7. The number of ether oxygens (including phenoxy) is 2. The molecule has 1 unspecified atom stereocenters. The molecule has 0 saturated carbocycles. The average molecular weight is 337 g/mol. The van der Waals surface area contributed by atoms with Gasteiger partial charge in [-0.1, -0.05) is 18.2 Å². The molecule has 1 atom stereocenters. The predicted octanol–water partition coefficient (Wildman–Crippen LogP) is 2.89. The van der Waals surface area contributed by atoms with Crippen LogP contribution < -0.4 is 20.1 Å². The minimum absolute atomic E-state index is 0.170. The Morgan fingerprint density at radius 2 is 1.88 bits per heavy atom. The molecule has 0 spiro atoms. The van der Waals surface area contributed by atoms with E-state index in [0.29, 0.717) is 31.1 Å². The van der Waals surface area contributed by atoms with Gasteiger partial charge in [-0.25, -0.2) is 4.79 Å². The SMILES string of the molecule is CC(NC(=O)NCc1ccc(C#N)cc1)c1ccc2c(c1)OCCO2. The van der Waals surface area contributed by atoms with Crippen LogP contribution in [0.2, 0.25) is 0 Å². The van der Waals surface area contributed by atoms with E-state index in [2.05, 4.69) is 16.7 Å². The van der Waals surface area contributed by atoms with Crippen LogP contribution >= 0.6 is 0 Å². The molecule has 2 N–H and O–H groups in total. The minimum atomic E-state index is -0.258. The first-order valence-electron chi connectivity index (χ1n) is 8.08. The number of carbonyl (C=O) groups is 1. The summed E-state index contributed by atoms with van der Waals surface area (Å²) in [7, 11) is 0. The summed E-state index contributed by atoms with van der Waals surface area (Å²) in [5.74, 6) is 1.43. The molecule has 1 aliphatic heterocycles. The summed E-state index contributed by atoms with van der Waals surface area (Å²) in [6.07, 6.45) is 0. The van der Waals surface area contributed by atoms with Gasteiger partial charge >= 0.3 is 6.03 Å². The van der Waals surface area contributed by atoms with Gasteiger partial charge in [-0.3, -0.25) is 0 Å². The van der Waals surface area contributed by atoms with Gasteiger partial charge in [0.1, 0.15) is 13.2 Å². The van der Waals surface area contributed by atoms with Crippen molar-refractivity contribution in [2.75, 3.05) is 13.2 Å². The minimum Gasteiger partial charge on any atom is -0.486 e. The quantitative estimate of drug-likeness (QED) is 0.898. The van der Waals surface area contributed by atoms with Crippen LogP contribution in [0.25, 0.3) is 0 Å². The number of amides is 2. The topological polar surface area (TPSA) is 83.4 Å². The highest BCUT2D eigenvalue weighted by Gasteiger charge is 2.15. The van der Waals surface area contributed by atoms with Gasteiger partial charge in [-0.05, 0) is 42.3 Å². The second-order valence-electron chi connectivity index (χ2n) is 5.76. The molecule has 2 amide bonds. The van der Waals surface area contributed by atoms with Crippen LogP contribution in [0.1, 0.15) is 29.7 Å². The average Bonchev–Trinajstić information content (AvgIpc) is 2.66. The summed E-state index contributed by atoms with van der Waals surface area (Å²) in [6, 6.07) is 14.4. The van der Waals surface area contributed by atoms with Gasteiger partial charge in [-0.15, -0.1) is 0 Å². The summed E-state index contributed by atoms with van der Waals surface area (Å²) >= 11 is 0. The third-order valence-electron chi connectivity index (χ3n) is 3.95. The van der Waals surface area contributed by atoms with Gasteiger partial charge in [0.15, 0.2) is 11.5 Å². The molecule has 0 fully saturated rings. The second kappa shape index (κ2) is 7.58. The van der Waals surface area contributed by atoms with E-state index < -0.39 is 0 Å². The highest BCUT2D eigenvalue weighted by Crippen LogP contribution is 2.32. The Hall–Kier alpha value is -3.20. The number of fused-ring (bicyclic) bond motifs is 1. The molecule has 6 heteroatoms. The number of nitrogens with one attached hydrogen (secondary N) is 2. The third-order valence-corrected chi connectivity index (χ3v) is 3.95. The van der Waals surface area contributed by atoms with Crippen molar-refractivity contribution in [3.63, 3.8) is 0 Å². The number of hydrogen-bond acceptors (Lipinski definition) is 4. The highest BCUT2D eigenvalue weighted by molar-refractivity contribution is 5.74. The van der Waals surface area contributed by atoms with Crippen LogP contribution in [0.5, 0.6) is 11.5 Å². The zero-order valence-corrected chi connectivity index (χ0v) is 13.9. The molecule has 0 aliphatic carbocycles. The van der Waals surface area contributed by atoms with Crippen LogP contribution in [0, 0.1) is 11.3 Å². The maximum Gasteiger partial charge on any atom is 0.315 e. The molecule has 1 aliphatic rings. The molecule has 2 aromatic rings. The van der Waals surface area contributed by atoms with Crippen LogP contribution in [0.4, 0.5) is 4.79 Å². The van der Waals surface area contributed by atoms with Gasteiger partial charge in [0.2, 0.25) is 0 Å². The molecular formula is C19H19N3O3. The van der Waals surface area contributed by atoms with Crippen molar-refractivity contribution in [1.29, 1.82) is 5.26 Å². The number of nitriles is 1. The van der Waals surface area contributed by atoms with E-state index in [1.807, 2.05) is 37.3 Å². The largest absolute Gasteiger partial charge is 0.486 e. The lowest BCUT2D eigenvalue weighted by Gasteiger charge is -2.21. The molecule has 2 aromatic carbocycles. The standard InChI is InChI=1S/C19H19N3O3/c1-13(16-6-7-17-18(10-16)25-9-8-24-17)22-19(23)21-12-15-4-2-14(11-20)3-5-15/h2-7,10,13H,8-9,12H2,1H3,(H2,21,22,23). The van der Waals surface area contributed by atoms with Crippen molar-refractivity contribution in [2.24, 2.45) is 0 Å². The van der Waals surface area contributed by atoms with E-state index in [9.17, 15) is 4.79 Å². The number of carbonyl (C=O) groups excluding carboxylic acids is 1. The third kappa shape index (κ3) is 4.21. The number of rotatable bonds is 4. The van der Waals surface area contributed by atoms with Gasteiger partial charge in [-0.2, -0.15) is 5.26 Å². The van der Waals surface area contributed by atoms with E-state index in [1.165, 1.54) is 0 Å². The lowest BCUT2D eigenvalue weighted by molar-refractivity contribution is 0.171. The van der Waals surface area contributed by atoms with Crippen LogP contribution in [-0.4, -0.2) is 19.2 Å². The van der Waals surface area contributed by atoms with Crippen LogP contribution in [0.3, 0.4) is 0 Å². The molecule has 3 rings (SSSR count). The first-order chi connectivity index (χ1) is 12.2. The van der Waals surface area contributed by atoms with E-state index in [1.54, 1.807) is 12.1 Å². The normalized spacial score (nSPS) is 13.4. The Morgan fingerprint density at radius 1 is 1.16 bits per heavy atom. The Kier molecular flexibility index (Phi) is 5.05. The van der Waals surface area contributed by atoms with Crippen LogP contribution in [0.15, 0.2) is 42.5 Å². The number of urea groups is 1.